The highest BCUT2D eigenvalue weighted by Crippen LogP contribution is 2.24. The lowest BCUT2D eigenvalue weighted by Gasteiger charge is -2.06. The van der Waals surface area contributed by atoms with Crippen LogP contribution < -0.4 is 5.32 Å². The van der Waals surface area contributed by atoms with Gasteiger partial charge in [0.05, 0.1) is 5.02 Å². The van der Waals surface area contributed by atoms with Crippen molar-refractivity contribution in [1.29, 1.82) is 0 Å². The second kappa shape index (κ2) is 6.46. The van der Waals surface area contributed by atoms with E-state index in [0.29, 0.717) is 10.6 Å². The summed E-state index contributed by atoms with van der Waals surface area (Å²) in [7, 11) is 0. The van der Waals surface area contributed by atoms with Crippen LogP contribution >= 0.6 is 39.3 Å². The maximum Gasteiger partial charge on any atom is 0.255 e. The fourth-order valence-corrected chi connectivity index (χ4v) is 2.35. The molecule has 2 rings (SSSR count). The lowest BCUT2D eigenvalue weighted by atomic mass is 10.2. The summed E-state index contributed by atoms with van der Waals surface area (Å²) in [6.45, 7) is 0. The first-order valence-electron chi connectivity index (χ1n) is 5.50. The third kappa shape index (κ3) is 3.75. The molecule has 1 amide bonds. The third-order valence-electron chi connectivity index (χ3n) is 2.53. The number of benzene rings is 2. The van der Waals surface area contributed by atoms with Crippen LogP contribution in [0.4, 0.5) is 5.69 Å². The molecule has 0 unspecified atom stereocenters. The smallest absolute Gasteiger partial charge is 0.255 e. The molecule has 2 nitrogen and oxygen atoms in total. The van der Waals surface area contributed by atoms with Crippen LogP contribution in [0.2, 0.25) is 5.02 Å². The van der Waals surface area contributed by atoms with Gasteiger partial charge in [-0.1, -0.05) is 11.6 Å². The van der Waals surface area contributed by atoms with Gasteiger partial charge in [0.1, 0.15) is 0 Å². The Morgan fingerprint density at radius 1 is 1.21 bits per heavy atom. The van der Waals surface area contributed by atoms with Crippen molar-refractivity contribution in [2.45, 2.75) is 4.90 Å². The van der Waals surface area contributed by atoms with Crippen molar-refractivity contribution in [2.75, 3.05) is 11.6 Å². The molecule has 0 aromatic heterocycles. The predicted octanol–water partition coefficient (Wildman–Crippen LogP) is 5.08. The van der Waals surface area contributed by atoms with Crippen molar-refractivity contribution >= 4 is 50.9 Å². The fourth-order valence-electron chi connectivity index (χ4n) is 1.51. The predicted molar refractivity (Wildman–Crippen MR) is 85.3 cm³/mol. The zero-order chi connectivity index (χ0) is 13.8. The number of anilines is 1. The van der Waals surface area contributed by atoms with E-state index in [9.17, 15) is 4.79 Å². The molecule has 0 saturated heterocycles. The van der Waals surface area contributed by atoms with Gasteiger partial charge in [0.25, 0.3) is 5.91 Å². The summed E-state index contributed by atoms with van der Waals surface area (Å²) in [5.41, 5.74) is 1.30. The minimum absolute atomic E-state index is 0.175. The number of nitrogens with one attached hydrogen (secondary N) is 1. The van der Waals surface area contributed by atoms with Gasteiger partial charge in [-0.3, -0.25) is 4.79 Å². The Labute approximate surface area is 129 Å². The van der Waals surface area contributed by atoms with E-state index in [0.717, 1.165) is 15.1 Å². The molecule has 1 N–H and O–H groups in total. The lowest BCUT2D eigenvalue weighted by Crippen LogP contribution is -2.11. The molecule has 0 radical (unpaired) electrons. The molecule has 2 aromatic carbocycles. The Bertz CT molecular complexity index is 601. The van der Waals surface area contributed by atoms with E-state index in [-0.39, 0.29) is 5.91 Å². The van der Waals surface area contributed by atoms with Crippen LogP contribution in [-0.2, 0) is 0 Å². The van der Waals surface area contributed by atoms with Crippen molar-refractivity contribution in [3.05, 3.63) is 57.5 Å². The second-order valence-corrected chi connectivity index (χ2v) is 5.95. The minimum atomic E-state index is -0.175. The highest BCUT2D eigenvalue weighted by atomic mass is 79.9. The van der Waals surface area contributed by atoms with Crippen LogP contribution in [0.3, 0.4) is 0 Å². The fraction of sp³-hybridized carbons (Fsp3) is 0.0714. The maximum absolute atomic E-state index is 12.0. The van der Waals surface area contributed by atoms with Gasteiger partial charge < -0.3 is 5.32 Å². The number of hydrogen-bond acceptors (Lipinski definition) is 2. The van der Waals surface area contributed by atoms with Gasteiger partial charge in [-0.25, -0.2) is 0 Å². The highest BCUT2D eigenvalue weighted by molar-refractivity contribution is 9.10. The molecular weight excluding hydrogens is 346 g/mol. The molecule has 0 spiro atoms. The molecule has 2 aromatic rings. The van der Waals surface area contributed by atoms with Crippen LogP contribution in [0.1, 0.15) is 10.4 Å². The van der Waals surface area contributed by atoms with E-state index in [1.807, 2.05) is 30.5 Å². The number of halogens is 2. The summed E-state index contributed by atoms with van der Waals surface area (Å²) in [5.74, 6) is -0.175. The SMILES string of the molecule is CSc1ccc(NC(=O)c2ccc(Br)c(Cl)c2)cc1. The molecule has 0 aliphatic rings. The third-order valence-corrected chi connectivity index (χ3v) is 4.51. The Morgan fingerprint density at radius 3 is 2.47 bits per heavy atom. The van der Waals surface area contributed by atoms with Gasteiger partial charge in [-0.2, -0.15) is 0 Å². The van der Waals surface area contributed by atoms with E-state index in [1.54, 1.807) is 30.0 Å². The van der Waals surface area contributed by atoms with E-state index in [2.05, 4.69) is 21.2 Å². The largest absolute Gasteiger partial charge is 0.322 e. The number of carbonyl (C=O) groups is 1. The molecule has 0 aliphatic carbocycles. The number of thioether (sulfide) groups is 1. The first kappa shape index (κ1) is 14.4. The van der Waals surface area contributed by atoms with Crippen LogP contribution in [0.5, 0.6) is 0 Å². The molecule has 0 fully saturated rings. The van der Waals surface area contributed by atoms with Crippen LogP contribution in [0.15, 0.2) is 51.8 Å². The average molecular weight is 357 g/mol. The lowest BCUT2D eigenvalue weighted by molar-refractivity contribution is 0.102. The number of carbonyl (C=O) groups excluding carboxylic acids is 1. The summed E-state index contributed by atoms with van der Waals surface area (Å²) < 4.78 is 0.773. The summed E-state index contributed by atoms with van der Waals surface area (Å²) in [4.78, 5) is 13.2. The van der Waals surface area contributed by atoms with Crippen molar-refractivity contribution < 1.29 is 4.79 Å². The zero-order valence-electron chi connectivity index (χ0n) is 10.1. The number of hydrogen-bond donors (Lipinski definition) is 1. The van der Waals surface area contributed by atoms with E-state index in [1.165, 1.54) is 0 Å². The van der Waals surface area contributed by atoms with Crippen LogP contribution in [-0.4, -0.2) is 12.2 Å². The Kier molecular flexibility index (Phi) is 4.91. The van der Waals surface area contributed by atoms with Crippen molar-refractivity contribution in [2.24, 2.45) is 0 Å². The van der Waals surface area contributed by atoms with Gasteiger partial charge in [0, 0.05) is 20.6 Å². The first-order chi connectivity index (χ1) is 9.10. The maximum atomic E-state index is 12.0. The summed E-state index contributed by atoms with van der Waals surface area (Å²) in [6.07, 6.45) is 2.01. The van der Waals surface area contributed by atoms with Crippen molar-refractivity contribution in [3.63, 3.8) is 0 Å². The molecule has 98 valence electrons. The van der Waals surface area contributed by atoms with Crippen LogP contribution in [0, 0.1) is 0 Å². The summed E-state index contributed by atoms with van der Waals surface area (Å²) >= 11 is 10.9. The zero-order valence-corrected chi connectivity index (χ0v) is 13.3. The molecule has 0 aliphatic heterocycles. The molecule has 0 heterocycles. The van der Waals surface area contributed by atoms with Crippen molar-refractivity contribution in [1.82, 2.24) is 0 Å². The first-order valence-corrected chi connectivity index (χ1v) is 7.90. The topological polar surface area (TPSA) is 29.1 Å². The van der Waals surface area contributed by atoms with Gasteiger partial charge >= 0.3 is 0 Å². The van der Waals surface area contributed by atoms with Crippen molar-refractivity contribution in [3.8, 4) is 0 Å². The molecule has 19 heavy (non-hydrogen) atoms. The van der Waals surface area contributed by atoms with Gasteiger partial charge in [0.15, 0.2) is 0 Å². The minimum Gasteiger partial charge on any atom is -0.322 e. The van der Waals surface area contributed by atoms with Gasteiger partial charge in [0.2, 0.25) is 0 Å². The summed E-state index contributed by atoms with van der Waals surface area (Å²) in [5, 5.41) is 3.35. The van der Waals surface area contributed by atoms with E-state index >= 15 is 0 Å². The van der Waals surface area contributed by atoms with E-state index < -0.39 is 0 Å². The molecular formula is C14H11BrClNOS. The molecule has 5 heteroatoms. The standard InChI is InChI=1S/C14H11BrClNOS/c1-19-11-5-3-10(4-6-11)17-14(18)9-2-7-12(15)13(16)8-9/h2-8H,1H3,(H,17,18). The average Bonchev–Trinajstić information content (AvgIpc) is 2.42. The van der Waals surface area contributed by atoms with Crippen LogP contribution in [0.25, 0.3) is 0 Å². The highest BCUT2D eigenvalue weighted by Gasteiger charge is 2.08. The normalized spacial score (nSPS) is 10.3. The molecule has 0 saturated carbocycles. The Morgan fingerprint density at radius 2 is 1.89 bits per heavy atom. The van der Waals surface area contributed by atoms with Gasteiger partial charge in [-0.15, -0.1) is 11.8 Å². The van der Waals surface area contributed by atoms with Gasteiger partial charge in [-0.05, 0) is 64.7 Å². The molecule has 0 bridgehead atoms. The molecule has 0 atom stereocenters. The number of rotatable bonds is 3. The Balaban J connectivity index is 2.13. The monoisotopic (exact) mass is 355 g/mol. The van der Waals surface area contributed by atoms with E-state index in [4.69, 9.17) is 11.6 Å². The second-order valence-electron chi connectivity index (χ2n) is 3.81. The quantitative estimate of drug-likeness (QED) is 0.777. The summed E-state index contributed by atoms with van der Waals surface area (Å²) in [6, 6.07) is 12.8. The number of amides is 1. The Hall–Kier alpha value is -0.970.